The second-order valence-corrected chi connectivity index (χ2v) is 5.59. The Morgan fingerprint density at radius 1 is 1.44 bits per heavy atom. The van der Waals surface area contributed by atoms with Gasteiger partial charge in [-0.2, -0.15) is 9.57 Å². The van der Waals surface area contributed by atoms with Crippen molar-refractivity contribution < 1.29 is 8.42 Å². The van der Waals surface area contributed by atoms with E-state index in [1.807, 2.05) is 6.07 Å². The van der Waals surface area contributed by atoms with Gasteiger partial charge in [0.1, 0.15) is 4.90 Å². The predicted molar refractivity (Wildman–Crippen MR) is 61.5 cm³/mol. The van der Waals surface area contributed by atoms with Crippen LogP contribution in [0.3, 0.4) is 0 Å². The first-order valence-corrected chi connectivity index (χ1v) is 6.39. The average molecular weight is 259 g/mol. The van der Waals surface area contributed by atoms with Gasteiger partial charge in [0.15, 0.2) is 0 Å². The van der Waals surface area contributed by atoms with E-state index in [0.717, 1.165) is 4.31 Å². The van der Waals surface area contributed by atoms with E-state index in [9.17, 15) is 8.42 Å². The Hall–Kier alpha value is -1.09. The molecule has 1 rings (SSSR count). The van der Waals surface area contributed by atoms with E-state index in [2.05, 4.69) is 0 Å². The number of nitriles is 1. The summed E-state index contributed by atoms with van der Waals surface area (Å²) in [6.07, 6.45) is 0.153. The normalized spacial score (nSPS) is 11.4. The summed E-state index contributed by atoms with van der Waals surface area (Å²) in [6.45, 7) is 0.157. The summed E-state index contributed by atoms with van der Waals surface area (Å²) >= 11 is 5.82. The molecule has 4 nitrogen and oxygen atoms in total. The molecular weight excluding hydrogens is 248 g/mol. The van der Waals surface area contributed by atoms with Crippen molar-refractivity contribution in [3.05, 3.63) is 29.3 Å². The van der Waals surface area contributed by atoms with Crippen molar-refractivity contribution in [1.82, 2.24) is 4.31 Å². The summed E-state index contributed by atoms with van der Waals surface area (Å²) < 4.78 is 25.1. The van der Waals surface area contributed by atoms with Crippen LogP contribution >= 0.6 is 11.6 Å². The Bertz CT molecular complexity index is 508. The second-order valence-electron chi connectivity index (χ2n) is 3.17. The highest BCUT2D eigenvalue weighted by Gasteiger charge is 2.22. The first-order chi connectivity index (χ1) is 7.50. The smallest absolute Gasteiger partial charge is 0.207 e. The van der Waals surface area contributed by atoms with Gasteiger partial charge in [0, 0.05) is 20.0 Å². The van der Waals surface area contributed by atoms with E-state index in [4.69, 9.17) is 16.9 Å². The van der Waals surface area contributed by atoms with Gasteiger partial charge >= 0.3 is 0 Å². The Morgan fingerprint density at radius 2 is 2.06 bits per heavy atom. The summed E-state index contributed by atoms with van der Waals surface area (Å²) in [5, 5.41) is 8.59. The number of rotatable bonds is 4. The third kappa shape index (κ3) is 2.73. The van der Waals surface area contributed by atoms with Gasteiger partial charge in [-0.1, -0.05) is 23.7 Å². The molecule has 0 aliphatic heterocycles. The molecule has 0 aliphatic rings. The highest BCUT2D eigenvalue weighted by Crippen LogP contribution is 2.23. The fourth-order valence-electron chi connectivity index (χ4n) is 1.15. The van der Waals surface area contributed by atoms with Crippen LogP contribution in [0.1, 0.15) is 6.42 Å². The average Bonchev–Trinajstić information content (AvgIpc) is 2.26. The zero-order chi connectivity index (χ0) is 12.2. The Kier molecular flexibility index (Phi) is 4.30. The fraction of sp³-hybridized carbons (Fsp3) is 0.300. The minimum Gasteiger partial charge on any atom is -0.207 e. The van der Waals surface area contributed by atoms with Gasteiger partial charge in [0.2, 0.25) is 10.0 Å². The van der Waals surface area contributed by atoms with Crippen LogP contribution in [0.15, 0.2) is 29.2 Å². The molecule has 0 radical (unpaired) electrons. The highest BCUT2D eigenvalue weighted by molar-refractivity contribution is 7.89. The molecule has 86 valence electrons. The van der Waals surface area contributed by atoms with Gasteiger partial charge in [-0.05, 0) is 12.1 Å². The number of hydrogen-bond acceptors (Lipinski definition) is 3. The molecule has 0 saturated carbocycles. The standard InChI is InChI=1S/C10H11ClN2O2S/c1-13(8-4-7-12)16(14,15)10-6-3-2-5-9(10)11/h2-3,5-6H,4,8H2,1H3. The molecule has 1 aromatic carbocycles. The van der Waals surface area contributed by atoms with E-state index in [0.29, 0.717) is 0 Å². The summed E-state index contributed by atoms with van der Waals surface area (Å²) in [5.41, 5.74) is 0. The molecule has 0 amide bonds. The third-order valence-electron chi connectivity index (χ3n) is 2.06. The van der Waals surface area contributed by atoms with E-state index >= 15 is 0 Å². The maximum atomic E-state index is 12.0. The number of halogens is 1. The lowest BCUT2D eigenvalue weighted by molar-refractivity contribution is 0.476. The van der Waals surface area contributed by atoms with Gasteiger partial charge in [-0.15, -0.1) is 0 Å². The fourth-order valence-corrected chi connectivity index (χ4v) is 2.81. The number of sulfonamides is 1. The molecule has 0 aromatic heterocycles. The van der Waals surface area contributed by atoms with Gasteiger partial charge in [0.05, 0.1) is 11.1 Å². The molecule has 0 heterocycles. The largest absolute Gasteiger partial charge is 0.244 e. The topological polar surface area (TPSA) is 61.2 Å². The molecular formula is C10H11ClN2O2S. The highest BCUT2D eigenvalue weighted by atomic mass is 35.5. The summed E-state index contributed by atoms with van der Waals surface area (Å²) in [5.74, 6) is 0. The lowest BCUT2D eigenvalue weighted by atomic mass is 10.4. The minimum atomic E-state index is -3.59. The van der Waals surface area contributed by atoms with Crippen LogP contribution in [0, 0.1) is 11.3 Å². The molecule has 0 atom stereocenters. The van der Waals surface area contributed by atoms with Crippen LogP contribution in [0.4, 0.5) is 0 Å². The monoisotopic (exact) mass is 258 g/mol. The van der Waals surface area contributed by atoms with Crippen molar-refractivity contribution in [2.24, 2.45) is 0 Å². The maximum Gasteiger partial charge on any atom is 0.244 e. The lowest BCUT2D eigenvalue weighted by Gasteiger charge is -2.16. The Balaban J connectivity index is 3.04. The molecule has 0 bridgehead atoms. The Labute approximate surface area is 100 Å². The third-order valence-corrected chi connectivity index (χ3v) is 4.42. The lowest BCUT2D eigenvalue weighted by Crippen LogP contribution is -2.28. The molecule has 1 aromatic rings. The Morgan fingerprint density at radius 3 is 2.62 bits per heavy atom. The van der Waals surface area contributed by atoms with Crippen molar-refractivity contribution in [2.75, 3.05) is 13.6 Å². The predicted octanol–water partition coefficient (Wildman–Crippen LogP) is 1.87. The minimum absolute atomic E-state index is 0.0668. The van der Waals surface area contributed by atoms with Gasteiger partial charge < -0.3 is 0 Å². The number of benzene rings is 1. The van der Waals surface area contributed by atoms with Crippen LogP contribution in [0.2, 0.25) is 5.02 Å². The SMILES string of the molecule is CN(CCC#N)S(=O)(=O)c1ccccc1Cl. The van der Waals surface area contributed by atoms with Crippen molar-refractivity contribution in [3.8, 4) is 6.07 Å². The summed E-state index contributed by atoms with van der Waals surface area (Å²) in [7, 11) is -2.17. The van der Waals surface area contributed by atoms with Crippen LogP contribution in [-0.2, 0) is 10.0 Å². The molecule has 0 spiro atoms. The van der Waals surface area contributed by atoms with Gasteiger partial charge in [-0.25, -0.2) is 8.42 Å². The van der Waals surface area contributed by atoms with Crippen LogP contribution < -0.4 is 0 Å². The molecule has 6 heteroatoms. The molecule has 0 saturated heterocycles. The molecule has 0 aliphatic carbocycles. The van der Waals surface area contributed by atoms with Crippen molar-refractivity contribution in [3.63, 3.8) is 0 Å². The van der Waals surface area contributed by atoms with Crippen LogP contribution in [-0.4, -0.2) is 26.3 Å². The number of nitrogens with zero attached hydrogens (tertiary/aromatic N) is 2. The van der Waals surface area contributed by atoms with Crippen LogP contribution in [0.25, 0.3) is 0 Å². The summed E-state index contributed by atoms with van der Waals surface area (Å²) in [4.78, 5) is 0.0668. The molecule has 0 fully saturated rings. The molecule has 0 N–H and O–H groups in total. The maximum absolute atomic E-state index is 12.0. The van der Waals surface area contributed by atoms with Crippen LogP contribution in [0.5, 0.6) is 0 Å². The zero-order valence-corrected chi connectivity index (χ0v) is 10.3. The van der Waals surface area contributed by atoms with Crippen molar-refractivity contribution in [1.29, 1.82) is 5.26 Å². The van der Waals surface area contributed by atoms with Gasteiger partial charge in [-0.3, -0.25) is 0 Å². The second kappa shape index (κ2) is 5.30. The summed E-state index contributed by atoms with van der Waals surface area (Å²) in [6, 6.07) is 8.13. The van der Waals surface area contributed by atoms with Crippen molar-refractivity contribution in [2.45, 2.75) is 11.3 Å². The van der Waals surface area contributed by atoms with E-state index in [1.165, 1.54) is 19.2 Å². The van der Waals surface area contributed by atoms with E-state index in [-0.39, 0.29) is 22.9 Å². The van der Waals surface area contributed by atoms with Crippen molar-refractivity contribution >= 4 is 21.6 Å². The van der Waals surface area contributed by atoms with E-state index < -0.39 is 10.0 Å². The first kappa shape index (κ1) is 13.0. The van der Waals surface area contributed by atoms with Gasteiger partial charge in [0.25, 0.3) is 0 Å². The zero-order valence-electron chi connectivity index (χ0n) is 8.72. The first-order valence-electron chi connectivity index (χ1n) is 4.58. The number of hydrogen-bond donors (Lipinski definition) is 0. The molecule has 16 heavy (non-hydrogen) atoms. The quantitative estimate of drug-likeness (QED) is 0.828. The van der Waals surface area contributed by atoms with E-state index in [1.54, 1.807) is 12.1 Å². The molecule has 0 unspecified atom stereocenters.